The van der Waals surface area contributed by atoms with Gasteiger partial charge in [-0.1, -0.05) is 28.1 Å². The van der Waals surface area contributed by atoms with Crippen molar-refractivity contribution in [2.75, 3.05) is 7.11 Å². The molecule has 2 rings (SSSR count). The van der Waals surface area contributed by atoms with Crippen molar-refractivity contribution in [2.45, 2.75) is 19.6 Å². The highest BCUT2D eigenvalue weighted by atomic mass is 79.9. The van der Waals surface area contributed by atoms with Crippen LogP contribution in [0.5, 0.6) is 5.75 Å². The summed E-state index contributed by atoms with van der Waals surface area (Å²) in [6, 6.07) is 11.1. The molecule has 7 heteroatoms. The molecule has 0 saturated heterocycles. The number of amides is 1. The van der Waals surface area contributed by atoms with E-state index in [-0.39, 0.29) is 12.4 Å². The molecular weight excluding hydrogens is 417 g/mol. The molecule has 5 nitrogen and oxygen atoms in total. The molecule has 0 fully saturated rings. The summed E-state index contributed by atoms with van der Waals surface area (Å²) >= 11 is 3.35. The number of benzene rings is 2. The van der Waals surface area contributed by atoms with Gasteiger partial charge < -0.3 is 14.8 Å². The van der Waals surface area contributed by atoms with Crippen molar-refractivity contribution in [3.8, 4) is 5.75 Å². The number of methoxy groups -OCH3 is 1. The molecule has 0 aliphatic heterocycles. The molecule has 0 spiro atoms. The zero-order valence-electron chi connectivity index (χ0n) is 14.9. The molecule has 2 aromatic rings. The van der Waals surface area contributed by atoms with Gasteiger partial charge in [-0.25, -0.2) is 9.18 Å². The molecule has 0 saturated carbocycles. The molecular formula is C20H19BrFNO4. The summed E-state index contributed by atoms with van der Waals surface area (Å²) in [6.45, 7) is 1.69. The Labute approximate surface area is 165 Å². The number of hydrogen-bond acceptors (Lipinski definition) is 4. The Balaban J connectivity index is 1.88. The molecule has 1 atom stereocenters. The van der Waals surface area contributed by atoms with Crippen LogP contribution in [0.25, 0.3) is 6.08 Å². The van der Waals surface area contributed by atoms with E-state index in [1.165, 1.54) is 32.2 Å². The van der Waals surface area contributed by atoms with Gasteiger partial charge in [-0.2, -0.15) is 0 Å². The first-order valence-electron chi connectivity index (χ1n) is 8.13. The largest absolute Gasteiger partial charge is 0.496 e. The minimum atomic E-state index is -0.966. The van der Waals surface area contributed by atoms with Gasteiger partial charge in [0.05, 0.1) is 7.11 Å². The Hall–Kier alpha value is -2.67. The van der Waals surface area contributed by atoms with Gasteiger partial charge in [0.15, 0.2) is 6.10 Å². The van der Waals surface area contributed by atoms with E-state index in [9.17, 15) is 14.0 Å². The Morgan fingerprint density at radius 2 is 1.93 bits per heavy atom. The smallest absolute Gasteiger partial charge is 0.331 e. The second-order valence-electron chi connectivity index (χ2n) is 5.64. The van der Waals surface area contributed by atoms with E-state index in [1.807, 2.05) is 6.07 Å². The molecule has 0 aromatic heterocycles. The van der Waals surface area contributed by atoms with Crippen LogP contribution in [0.15, 0.2) is 53.0 Å². The first kappa shape index (κ1) is 20.6. The van der Waals surface area contributed by atoms with Crippen molar-refractivity contribution in [1.82, 2.24) is 5.32 Å². The molecule has 0 heterocycles. The van der Waals surface area contributed by atoms with Gasteiger partial charge in [0.25, 0.3) is 5.91 Å². The Bertz CT molecular complexity index is 836. The zero-order valence-corrected chi connectivity index (χ0v) is 16.5. The van der Waals surface area contributed by atoms with E-state index < -0.39 is 18.0 Å². The van der Waals surface area contributed by atoms with Crippen molar-refractivity contribution in [3.05, 3.63) is 70.0 Å². The monoisotopic (exact) mass is 435 g/mol. The summed E-state index contributed by atoms with van der Waals surface area (Å²) < 4.78 is 24.0. The van der Waals surface area contributed by atoms with E-state index >= 15 is 0 Å². The molecule has 142 valence electrons. The van der Waals surface area contributed by atoms with Crippen LogP contribution in [0.2, 0.25) is 0 Å². The number of rotatable bonds is 7. The molecule has 0 radical (unpaired) electrons. The van der Waals surface area contributed by atoms with Crippen molar-refractivity contribution in [2.24, 2.45) is 0 Å². The van der Waals surface area contributed by atoms with Gasteiger partial charge in [0.1, 0.15) is 11.6 Å². The fraction of sp³-hybridized carbons (Fsp3) is 0.200. The van der Waals surface area contributed by atoms with Crippen molar-refractivity contribution in [3.63, 3.8) is 0 Å². The van der Waals surface area contributed by atoms with Crippen LogP contribution in [0.4, 0.5) is 4.39 Å². The normalized spacial score (nSPS) is 11.9. The lowest BCUT2D eigenvalue weighted by molar-refractivity contribution is -0.150. The highest BCUT2D eigenvalue weighted by Crippen LogP contribution is 2.24. The summed E-state index contributed by atoms with van der Waals surface area (Å²) in [5, 5.41) is 2.63. The summed E-state index contributed by atoms with van der Waals surface area (Å²) in [5.41, 5.74) is 1.43. The molecule has 1 unspecified atom stereocenters. The highest BCUT2D eigenvalue weighted by Gasteiger charge is 2.16. The second-order valence-corrected chi connectivity index (χ2v) is 6.56. The number of nitrogens with one attached hydrogen (secondary N) is 1. The summed E-state index contributed by atoms with van der Waals surface area (Å²) in [7, 11) is 1.53. The van der Waals surface area contributed by atoms with E-state index in [2.05, 4.69) is 21.2 Å². The van der Waals surface area contributed by atoms with Gasteiger partial charge >= 0.3 is 5.97 Å². The highest BCUT2D eigenvalue weighted by molar-refractivity contribution is 9.10. The first-order valence-corrected chi connectivity index (χ1v) is 8.92. The predicted molar refractivity (Wildman–Crippen MR) is 104 cm³/mol. The second kappa shape index (κ2) is 9.87. The van der Waals surface area contributed by atoms with Gasteiger partial charge in [0.2, 0.25) is 0 Å². The minimum Gasteiger partial charge on any atom is -0.496 e. The predicted octanol–water partition coefficient (Wildman–Crippen LogP) is 3.86. The standard InChI is InChI=1S/C20H19BrFNO4/c1-13(20(25)23-12-14-3-7-17(22)8-4-14)27-19(24)10-5-15-11-16(21)6-9-18(15)26-2/h3-11,13H,12H2,1-2H3,(H,23,25)/b10-5+. The molecule has 0 bridgehead atoms. The van der Waals surface area contributed by atoms with Gasteiger partial charge in [-0.05, 0) is 48.9 Å². The van der Waals surface area contributed by atoms with Gasteiger partial charge in [-0.15, -0.1) is 0 Å². The fourth-order valence-corrected chi connectivity index (χ4v) is 2.57. The van der Waals surface area contributed by atoms with Crippen LogP contribution in [-0.4, -0.2) is 25.1 Å². The van der Waals surface area contributed by atoms with Crippen LogP contribution in [0.1, 0.15) is 18.1 Å². The Kier molecular flexibility index (Phi) is 7.55. The van der Waals surface area contributed by atoms with Crippen LogP contribution < -0.4 is 10.1 Å². The first-order chi connectivity index (χ1) is 12.9. The Morgan fingerprint density at radius 1 is 1.22 bits per heavy atom. The van der Waals surface area contributed by atoms with Crippen molar-refractivity contribution < 1.29 is 23.5 Å². The molecule has 1 amide bonds. The van der Waals surface area contributed by atoms with Gasteiger partial charge in [-0.3, -0.25) is 4.79 Å². The van der Waals surface area contributed by atoms with E-state index in [0.717, 1.165) is 10.0 Å². The lowest BCUT2D eigenvalue weighted by Gasteiger charge is -2.12. The third-order valence-corrected chi connectivity index (χ3v) is 4.13. The molecule has 0 aliphatic rings. The van der Waals surface area contributed by atoms with Crippen LogP contribution >= 0.6 is 15.9 Å². The minimum absolute atomic E-state index is 0.214. The average Bonchev–Trinajstić information content (AvgIpc) is 2.65. The number of esters is 1. The number of hydrogen-bond donors (Lipinski definition) is 1. The average molecular weight is 436 g/mol. The van der Waals surface area contributed by atoms with E-state index in [4.69, 9.17) is 9.47 Å². The summed E-state index contributed by atoms with van der Waals surface area (Å²) in [6.07, 6.45) is 1.82. The molecule has 2 aromatic carbocycles. The number of ether oxygens (including phenoxy) is 2. The maximum atomic E-state index is 12.9. The summed E-state index contributed by atoms with van der Waals surface area (Å²) in [4.78, 5) is 24.0. The van der Waals surface area contributed by atoms with Crippen LogP contribution in [0.3, 0.4) is 0 Å². The lowest BCUT2D eigenvalue weighted by Crippen LogP contribution is -2.35. The quantitative estimate of drug-likeness (QED) is 0.529. The Morgan fingerprint density at radius 3 is 2.59 bits per heavy atom. The summed E-state index contributed by atoms with van der Waals surface area (Å²) in [5.74, 6) is -0.837. The number of carbonyl (C=O) groups excluding carboxylic acids is 2. The maximum Gasteiger partial charge on any atom is 0.331 e. The molecule has 27 heavy (non-hydrogen) atoms. The van der Waals surface area contributed by atoms with E-state index in [1.54, 1.807) is 30.3 Å². The SMILES string of the molecule is COc1ccc(Br)cc1/C=C/C(=O)OC(C)C(=O)NCc1ccc(F)cc1. The number of carbonyl (C=O) groups is 2. The van der Waals surface area contributed by atoms with Crippen molar-refractivity contribution >= 4 is 33.9 Å². The van der Waals surface area contributed by atoms with Gasteiger partial charge in [0, 0.05) is 22.7 Å². The number of halogens is 2. The molecule has 1 N–H and O–H groups in total. The van der Waals surface area contributed by atoms with E-state index in [0.29, 0.717) is 11.3 Å². The fourth-order valence-electron chi connectivity index (χ4n) is 2.20. The zero-order chi connectivity index (χ0) is 19.8. The van der Waals surface area contributed by atoms with Crippen molar-refractivity contribution in [1.29, 1.82) is 0 Å². The lowest BCUT2D eigenvalue weighted by atomic mass is 10.2. The maximum absolute atomic E-state index is 12.9. The van der Waals surface area contributed by atoms with Crippen LogP contribution in [-0.2, 0) is 20.9 Å². The van der Waals surface area contributed by atoms with Crippen LogP contribution in [0, 0.1) is 5.82 Å². The third-order valence-electron chi connectivity index (χ3n) is 3.63. The molecule has 0 aliphatic carbocycles. The topological polar surface area (TPSA) is 64.6 Å². The third kappa shape index (κ3) is 6.53.